The zero-order valence-corrected chi connectivity index (χ0v) is 19.0. The first-order valence-electron chi connectivity index (χ1n) is 10.7. The number of ether oxygens (including phenoxy) is 1. The number of rotatable bonds is 6. The van der Waals surface area contributed by atoms with Crippen molar-refractivity contribution in [3.63, 3.8) is 0 Å². The fourth-order valence-corrected chi connectivity index (χ4v) is 3.43. The van der Waals surface area contributed by atoms with Crippen LogP contribution in [0.3, 0.4) is 0 Å². The average Bonchev–Trinajstić information content (AvgIpc) is 2.81. The Morgan fingerprint density at radius 1 is 1.09 bits per heavy atom. The van der Waals surface area contributed by atoms with Gasteiger partial charge in [-0.3, -0.25) is 9.59 Å². The van der Waals surface area contributed by atoms with Crippen molar-refractivity contribution in [2.75, 3.05) is 10.6 Å². The molecule has 0 aliphatic rings. The maximum atomic E-state index is 12.1. The molecule has 1 amide bonds. The molecule has 2 aromatic heterocycles. The monoisotopic (exact) mass is 453 g/mol. The van der Waals surface area contributed by atoms with Crippen LogP contribution in [0.1, 0.15) is 19.4 Å². The Labute approximate surface area is 196 Å². The van der Waals surface area contributed by atoms with Gasteiger partial charge in [0.1, 0.15) is 23.6 Å². The highest BCUT2D eigenvalue weighted by Crippen LogP contribution is 2.30. The van der Waals surface area contributed by atoms with Gasteiger partial charge in [-0.2, -0.15) is 0 Å². The van der Waals surface area contributed by atoms with E-state index < -0.39 is 0 Å². The lowest BCUT2D eigenvalue weighted by atomic mass is 10.1. The number of aromatic nitrogens is 3. The maximum absolute atomic E-state index is 12.1. The van der Waals surface area contributed by atoms with Gasteiger partial charge >= 0.3 is 0 Å². The number of fused-ring (bicyclic) bond motifs is 1. The molecule has 8 nitrogen and oxygen atoms in total. The zero-order valence-electron chi connectivity index (χ0n) is 19.0. The maximum Gasteiger partial charge on any atom is 0.300 e. The van der Waals surface area contributed by atoms with E-state index in [9.17, 15) is 9.59 Å². The van der Waals surface area contributed by atoms with E-state index in [1.807, 2.05) is 38.1 Å². The Kier molecular flexibility index (Phi) is 6.55. The van der Waals surface area contributed by atoms with Crippen LogP contribution < -0.4 is 20.9 Å². The molecule has 0 fully saturated rings. The molecule has 2 heterocycles. The van der Waals surface area contributed by atoms with Crippen LogP contribution in [0.25, 0.3) is 10.9 Å². The van der Waals surface area contributed by atoms with Crippen LogP contribution in [0.4, 0.5) is 17.2 Å². The first kappa shape index (κ1) is 22.6. The van der Waals surface area contributed by atoms with E-state index in [4.69, 9.17) is 4.74 Å². The fourth-order valence-electron chi connectivity index (χ4n) is 3.43. The van der Waals surface area contributed by atoms with Gasteiger partial charge in [-0.1, -0.05) is 5.92 Å². The summed E-state index contributed by atoms with van der Waals surface area (Å²) in [6.07, 6.45) is 3.20. The molecule has 4 aromatic rings. The second-order valence-corrected chi connectivity index (χ2v) is 7.48. The molecule has 0 aliphatic heterocycles. The highest BCUT2D eigenvalue weighted by molar-refractivity contribution is 6.05. The molecule has 34 heavy (non-hydrogen) atoms. The van der Waals surface area contributed by atoms with Crippen LogP contribution in [-0.2, 0) is 11.3 Å². The number of amides is 1. The van der Waals surface area contributed by atoms with Gasteiger partial charge in [0, 0.05) is 35.6 Å². The summed E-state index contributed by atoms with van der Waals surface area (Å²) >= 11 is 0. The molecular formula is C26H23N5O3. The van der Waals surface area contributed by atoms with Gasteiger partial charge in [0.2, 0.25) is 0 Å². The molecular weight excluding hydrogens is 430 g/mol. The summed E-state index contributed by atoms with van der Waals surface area (Å²) in [7, 11) is 0. The van der Waals surface area contributed by atoms with Crippen molar-refractivity contribution in [2.45, 2.75) is 27.3 Å². The standard InChI is InChI=1S/C26H23N5O3/c1-4-6-24(32)29-19-7-9-22-21(14-19)26(28-16-27-22)30-18-8-10-23(17(3)13-18)34-20-11-12-31(5-2)25(33)15-20/h7-16H,5H2,1-3H3,(H,29,32)(H,27,28,30). The number of carbonyl (C=O) groups excluding carboxylic acids is 1. The molecule has 0 radical (unpaired) electrons. The van der Waals surface area contributed by atoms with Gasteiger partial charge in [0.15, 0.2) is 0 Å². The summed E-state index contributed by atoms with van der Waals surface area (Å²) in [6, 6.07) is 14.3. The Morgan fingerprint density at radius 2 is 1.91 bits per heavy atom. The smallest absolute Gasteiger partial charge is 0.300 e. The summed E-state index contributed by atoms with van der Waals surface area (Å²) in [5, 5.41) is 6.80. The van der Waals surface area contributed by atoms with Crippen molar-refractivity contribution in [3.05, 3.63) is 77.0 Å². The van der Waals surface area contributed by atoms with E-state index in [-0.39, 0.29) is 11.5 Å². The lowest BCUT2D eigenvalue weighted by Crippen LogP contribution is -2.16. The van der Waals surface area contributed by atoms with Crippen molar-refractivity contribution < 1.29 is 9.53 Å². The van der Waals surface area contributed by atoms with Gasteiger partial charge < -0.3 is 19.9 Å². The molecule has 0 aliphatic carbocycles. The van der Waals surface area contributed by atoms with E-state index in [1.165, 1.54) is 12.4 Å². The van der Waals surface area contributed by atoms with Crippen molar-refractivity contribution in [3.8, 4) is 23.3 Å². The Hall–Kier alpha value is -4.64. The number of benzene rings is 2. The van der Waals surface area contributed by atoms with Crippen molar-refractivity contribution >= 4 is 34.0 Å². The van der Waals surface area contributed by atoms with Gasteiger partial charge in [-0.25, -0.2) is 9.97 Å². The molecule has 0 spiro atoms. The minimum atomic E-state index is -0.383. The van der Waals surface area contributed by atoms with Crippen LogP contribution in [0.2, 0.25) is 0 Å². The summed E-state index contributed by atoms with van der Waals surface area (Å²) in [5.41, 5.74) is 2.91. The van der Waals surface area contributed by atoms with E-state index >= 15 is 0 Å². The third kappa shape index (κ3) is 5.05. The molecule has 170 valence electrons. The van der Waals surface area contributed by atoms with Gasteiger partial charge in [0.05, 0.1) is 5.52 Å². The number of aryl methyl sites for hydroxylation is 2. The molecule has 0 unspecified atom stereocenters. The van der Waals surface area contributed by atoms with E-state index in [0.29, 0.717) is 29.5 Å². The third-order valence-corrected chi connectivity index (χ3v) is 5.11. The average molecular weight is 454 g/mol. The molecule has 2 N–H and O–H groups in total. The molecule has 0 atom stereocenters. The van der Waals surface area contributed by atoms with Crippen LogP contribution >= 0.6 is 0 Å². The van der Waals surface area contributed by atoms with E-state index in [1.54, 1.807) is 35.9 Å². The van der Waals surface area contributed by atoms with Crippen LogP contribution in [0.15, 0.2) is 65.8 Å². The number of pyridine rings is 1. The normalized spacial score (nSPS) is 10.3. The first-order chi connectivity index (χ1) is 16.5. The molecule has 8 heteroatoms. The SMILES string of the molecule is CC#CC(=O)Nc1ccc2ncnc(Nc3ccc(Oc4ccn(CC)c(=O)c4)c(C)c3)c2c1. The largest absolute Gasteiger partial charge is 0.457 e. The Balaban J connectivity index is 1.57. The quantitative estimate of drug-likeness (QED) is 0.414. The van der Waals surface area contributed by atoms with Crippen LogP contribution in [-0.4, -0.2) is 20.4 Å². The number of anilines is 3. The lowest BCUT2D eigenvalue weighted by Gasteiger charge is -2.13. The topological polar surface area (TPSA) is 98.1 Å². The van der Waals surface area contributed by atoms with Crippen LogP contribution in [0, 0.1) is 18.8 Å². The first-order valence-corrected chi connectivity index (χ1v) is 10.7. The highest BCUT2D eigenvalue weighted by Gasteiger charge is 2.09. The predicted molar refractivity (Wildman–Crippen MR) is 133 cm³/mol. The Morgan fingerprint density at radius 3 is 2.65 bits per heavy atom. The minimum absolute atomic E-state index is 0.108. The Bertz CT molecular complexity index is 1500. The molecule has 4 rings (SSSR count). The summed E-state index contributed by atoms with van der Waals surface area (Å²) in [4.78, 5) is 32.5. The number of carbonyl (C=O) groups is 1. The number of nitrogens with one attached hydrogen (secondary N) is 2. The lowest BCUT2D eigenvalue weighted by molar-refractivity contribution is -0.111. The van der Waals surface area contributed by atoms with Gasteiger partial charge in [-0.15, -0.1) is 0 Å². The molecule has 0 saturated heterocycles. The van der Waals surface area contributed by atoms with Gasteiger partial charge in [0.25, 0.3) is 11.5 Å². The van der Waals surface area contributed by atoms with E-state index in [2.05, 4.69) is 32.4 Å². The zero-order chi connectivity index (χ0) is 24.1. The molecule has 0 bridgehead atoms. The summed E-state index contributed by atoms with van der Waals surface area (Å²) in [5.74, 6) is 6.38. The van der Waals surface area contributed by atoms with Crippen molar-refractivity contribution in [1.29, 1.82) is 0 Å². The highest BCUT2D eigenvalue weighted by atomic mass is 16.5. The van der Waals surface area contributed by atoms with Crippen molar-refractivity contribution in [1.82, 2.24) is 14.5 Å². The molecule has 0 saturated carbocycles. The van der Waals surface area contributed by atoms with E-state index in [0.717, 1.165) is 22.2 Å². The van der Waals surface area contributed by atoms with Crippen molar-refractivity contribution in [2.24, 2.45) is 0 Å². The summed E-state index contributed by atoms with van der Waals surface area (Å²) in [6.45, 7) is 6.05. The fraction of sp³-hybridized carbons (Fsp3) is 0.154. The second kappa shape index (κ2) is 9.88. The number of nitrogens with zero attached hydrogens (tertiary/aromatic N) is 3. The summed E-state index contributed by atoms with van der Waals surface area (Å²) < 4.78 is 7.52. The number of hydrogen-bond donors (Lipinski definition) is 2. The predicted octanol–water partition coefficient (Wildman–Crippen LogP) is 4.62. The second-order valence-electron chi connectivity index (χ2n) is 7.48. The van der Waals surface area contributed by atoms with Crippen LogP contribution in [0.5, 0.6) is 11.5 Å². The minimum Gasteiger partial charge on any atom is -0.457 e. The van der Waals surface area contributed by atoms with Gasteiger partial charge in [-0.05, 0) is 74.7 Å². The molecule has 2 aromatic carbocycles. The third-order valence-electron chi connectivity index (χ3n) is 5.11. The number of hydrogen-bond acceptors (Lipinski definition) is 6.